The van der Waals surface area contributed by atoms with E-state index in [4.69, 9.17) is 11.1 Å². The molecule has 0 aromatic heterocycles. The van der Waals surface area contributed by atoms with Gasteiger partial charge in [-0.25, -0.2) is 0 Å². The number of benzene rings is 1. The van der Waals surface area contributed by atoms with Gasteiger partial charge in [0.1, 0.15) is 5.84 Å². The first kappa shape index (κ1) is 14.8. The van der Waals surface area contributed by atoms with Crippen LogP contribution in [0, 0.1) is 11.3 Å². The second-order valence-corrected chi connectivity index (χ2v) is 5.21. The molecule has 1 saturated heterocycles. The number of likely N-dealkylation sites (tertiary alicyclic amines) is 1. The normalized spacial score (nSPS) is 18.1. The second-order valence-electron chi connectivity index (χ2n) is 5.21. The lowest BCUT2D eigenvalue weighted by atomic mass is 9.96. The minimum atomic E-state index is -4.07. The Hall–Kier alpha value is -1.56. The van der Waals surface area contributed by atoms with Crippen LogP contribution in [0.5, 0.6) is 0 Å². The minimum absolute atomic E-state index is 0.00243. The molecule has 3 nitrogen and oxygen atoms in total. The van der Waals surface area contributed by atoms with E-state index in [0.717, 1.165) is 5.56 Å². The standard InChI is InChI=1S/C14H18F3N3/c15-14(16,17)12-4-6-20(7-5-12)9-10-2-1-3-11(8-10)13(18)19/h1-3,8,12H,4-7,9H2,(H3,18,19). The molecular weight excluding hydrogens is 267 g/mol. The summed E-state index contributed by atoms with van der Waals surface area (Å²) < 4.78 is 37.7. The molecule has 0 bridgehead atoms. The Morgan fingerprint density at radius 2 is 1.95 bits per heavy atom. The molecule has 0 amide bonds. The zero-order valence-electron chi connectivity index (χ0n) is 11.1. The Kier molecular flexibility index (Phi) is 4.32. The number of alkyl halides is 3. The van der Waals surface area contributed by atoms with Gasteiger partial charge in [-0.1, -0.05) is 18.2 Å². The van der Waals surface area contributed by atoms with Crippen LogP contribution in [0.3, 0.4) is 0 Å². The Bertz CT molecular complexity index is 477. The fraction of sp³-hybridized carbons (Fsp3) is 0.500. The Labute approximate surface area is 116 Å². The molecule has 0 spiro atoms. The lowest BCUT2D eigenvalue weighted by Gasteiger charge is -2.32. The molecule has 1 aromatic carbocycles. The van der Waals surface area contributed by atoms with E-state index in [1.807, 2.05) is 23.1 Å². The Balaban J connectivity index is 1.93. The maximum atomic E-state index is 12.6. The van der Waals surface area contributed by atoms with Crippen molar-refractivity contribution in [3.63, 3.8) is 0 Å². The predicted molar refractivity (Wildman–Crippen MR) is 71.5 cm³/mol. The van der Waals surface area contributed by atoms with Crippen molar-refractivity contribution in [2.45, 2.75) is 25.6 Å². The molecule has 1 heterocycles. The highest BCUT2D eigenvalue weighted by Crippen LogP contribution is 2.34. The van der Waals surface area contributed by atoms with E-state index >= 15 is 0 Å². The molecule has 0 saturated carbocycles. The topological polar surface area (TPSA) is 53.1 Å². The highest BCUT2D eigenvalue weighted by molar-refractivity contribution is 5.95. The van der Waals surface area contributed by atoms with Crippen LogP contribution in [-0.4, -0.2) is 30.0 Å². The molecule has 0 atom stereocenters. The fourth-order valence-electron chi connectivity index (χ4n) is 2.51. The summed E-state index contributed by atoms with van der Waals surface area (Å²) in [6, 6.07) is 7.29. The van der Waals surface area contributed by atoms with Gasteiger partial charge >= 0.3 is 6.18 Å². The van der Waals surface area contributed by atoms with Crippen LogP contribution >= 0.6 is 0 Å². The average Bonchev–Trinajstić information content (AvgIpc) is 2.38. The lowest BCUT2D eigenvalue weighted by Crippen LogP contribution is -2.38. The van der Waals surface area contributed by atoms with E-state index in [1.54, 1.807) is 6.07 Å². The monoisotopic (exact) mass is 285 g/mol. The molecule has 0 radical (unpaired) electrons. The van der Waals surface area contributed by atoms with Gasteiger partial charge < -0.3 is 5.73 Å². The van der Waals surface area contributed by atoms with Crippen molar-refractivity contribution < 1.29 is 13.2 Å². The van der Waals surface area contributed by atoms with Gasteiger partial charge in [0.05, 0.1) is 5.92 Å². The van der Waals surface area contributed by atoms with Gasteiger partial charge in [0.25, 0.3) is 0 Å². The van der Waals surface area contributed by atoms with Gasteiger partial charge in [-0.05, 0) is 37.6 Å². The summed E-state index contributed by atoms with van der Waals surface area (Å²) in [5.74, 6) is -1.16. The number of rotatable bonds is 3. The highest BCUT2D eigenvalue weighted by Gasteiger charge is 2.40. The number of nitrogens with zero attached hydrogens (tertiary/aromatic N) is 1. The van der Waals surface area contributed by atoms with Crippen molar-refractivity contribution in [3.05, 3.63) is 35.4 Å². The molecule has 1 aromatic rings. The summed E-state index contributed by atoms with van der Waals surface area (Å²) in [4.78, 5) is 2.02. The maximum Gasteiger partial charge on any atom is 0.391 e. The van der Waals surface area contributed by atoms with Crippen LogP contribution < -0.4 is 5.73 Å². The number of hydrogen-bond donors (Lipinski definition) is 2. The van der Waals surface area contributed by atoms with Gasteiger partial charge in [-0.15, -0.1) is 0 Å². The molecule has 1 aliphatic rings. The molecule has 1 aliphatic heterocycles. The van der Waals surface area contributed by atoms with Crippen LogP contribution in [0.25, 0.3) is 0 Å². The van der Waals surface area contributed by atoms with Crippen LogP contribution in [-0.2, 0) is 6.54 Å². The number of piperidine rings is 1. The first-order valence-electron chi connectivity index (χ1n) is 6.58. The van der Waals surface area contributed by atoms with Crippen molar-refractivity contribution >= 4 is 5.84 Å². The molecule has 6 heteroatoms. The summed E-state index contributed by atoms with van der Waals surface area (Å²) in [6.45, 7) is 1.51. The van der Waals surface area contributed by atoms with Gasteiger partial charge in [0.15, 0.2) is 0 Å². The molecule has 1 fully saturated rings. The van der Waals surface area contributed by atoms with Gasteiger partial charge in [-0.2, -0.15) is 13.2 Å². The molecular formula is C14H18F3N3. The number of hydrogen-bond acceptors (Lipinski definition) is 2. The third-order valence-electron chi connectivity index (χ3n) is 3.69. The third-order valence-corrected chi connectivity index (χ3v) is 3.69. The Morgan fingerprint density at radius 1 is 1.30 bits per heavy atom. The van der Waals surface area contributed by atoms with Crippen molar-refractivity contribution in [2.24, 2.45) is 11.7 Å². The number of amidine groups is 1. The molecule has 20 heavy (non-hydrogen) atoms. The number of nitrogen functional groups attached to an aromatic ring is 1. The van der Waals surface area contributed by atoms with Crippen molar-refractivity contribution in [1.82, 2.24) is 4.90 Å². The largest absolute Gasteiger partial charge is 0.391 e. The van der Waals surface area contributed by atoms with E-state index in [-0.39, 0.29) is 18.7 Å². The van der Waals surface area contributed by atoms with Crippen LogP contribution in [0.4, 0.5) is 13.2 Å². The summed E-state index contributed by atoms with van der Waals surface area (Å²) in [5.41, 5.74) is 7.05. The van der Waals surface area contributed by atoms with Crippen molar-refractivity contribution in [1.29, 1.82) is 5.41 Å². The van der Waals surface area contributed by atoms with Gasteiger partial charge in [0.2, 0.25) is 0 Å². The van der Waals surface area contributed by atoms with Gasteiger partial charge in [-0.3, -0.25) is 10.3 Å². The average molecular weight is 285 g/mol. The van der Waals surface area contributed by atoms with E-state index in [0.29, 0.717) is 25.2 Å². The smallest absolute Gasteiger partial charge is 0.384 e. The second kappa shape index (κ2) is 5.83. The number of nitrogens with one attached hydrogen (secondary N) is 1. The van der Waals surface area contributed by atoms with Crippen molar-refractivity contribution in [3.8, 4) is 0 Å². The van der Waals surface area contributed by atoms with E-state index in [2.05, 4.69) is 0 Å². The zero-order valence-corrected chi connectivity index (χ0v) is 11.1. The van der Waals surface area contributed by atoms with Crippen LogP contribution in [0.2, 0.25) is 0 Å². The summed E-state index contributed by atoms with van der Waals surface area (Å²) in [5, 5.41) is 7.39. The number of nitrogens with two attached hydrogens (primary N) is 1. The summed E-state index contributed by atoms with van der Waals surface area (Å²) in [7, 11) is 0. The van der Waals surface area contributed by atoms with E-state index in [1.165, 1.54) is 0 Å². The summed E-state index contributed by atoms with van der Waals surface area (Å²) >= 11 is 0. The van der Waals surface area contributed by atoms with E-state index in [9.17, 15) is 13.2 Å². The molecule has 3 N–H and O–H groups in total. The molecule has 0 aliphatic carbocycles. The summed E-state index contributed by atoms with van der Waals surface area (Å²) in [6.07, 6.45) is -3.74. The predicted octanol–water partition coefficient (Wildman–Crippen LogP) is 2.74. The quantitative estimate of drug-likeness (QED) is 0.663. The first-order valence-corrected chi connectivity index (χ1v) is 6.58. The zero-order chi connectivity index (χ0) is 14.8. The van der Waals surface area contributed by atoms with E-state index < -0.39 is 12.1 Å². The van der Waals surface area contributed by atoms with Crippen LogP contribution in [0.15, 0.2) is 24.3 Å². The minimum Gasteiger partial charge on any atom is -0.384 e. The van der Waals surface area contributed by atoms with Crippen molar-refractivity contribution in [2.75, 3.05) is 13.1 Å². The lowest BCUT2D eigenvalue weighted by molar-refractivity contribution is -0.185. The van der Waals surface area contributed by atoms with Crippen LogP contribution in [0.1, 0.15) is 24.0 Å². The fourth-order valence-corrected chi connectivity index (χ4v) is 2.51. The maximum absolute atomic E-state index is 12.6. The molecule has 0 unspecified atom stereocenters. The Morgan fingerprint density at radius 3 is 2.50 bits per heavy atom. The first-order chi connectivity index (χ1) is 9.36. The highest BCUT2D eigenvalue weighted by atomic mass is 19.4. The third kappa shape index (κ3) is 3.72. The van der Waals surface area contributed by atoms with Gasteiger partial charge in [0, 0.05) is 12.1 Å². The molecule has 110 valence electrons. The molecule has 2 rings (SSSR count). The number of halogens is 3. The SMILES string of the molecule is N=C(N)c1cccc(CN2CCC(C(F)(F)F)CC2)c1.